The van der Waals surface area contributed by atoms with E-state index in [2.05, 4.69) is 6.07 Å². The van der Waals surface area contributed by atoms with Gasteiger partial charge in [-0.1, -0.05) is 6.42 Å². The van der Waals surface area contributed by atoms with Crippen LogP contribution in [0.5, 0.6) is 0 Å². The summed E-state index contributed by atoms with van der Waals surface area (Å²) >= 11 is 0. The van der Waals surface area contributed by atoms with Crippen LogP contribution in [0.1, 0.15) is 75.1 Å². The zero-order valence-electron chi connectivity index (χ0n) is 17.3. The number of carbonyl (C=O) groups is 2. The molecule has 0 atom stereocenters. The Kier molecular flexibility index (Phi) is 5.10. The summed E-state index contributed by atoms with van der Waals surface area (Å²) in [5.74, 6) is -0.477. The number of hydrogen-bond donors (Lipinski definition) is 0. The van der Waals surface area contributed by atoms with E-state index in [9.17, 15) is 14.9 Å². The van der Waals surface area contributed by atoms with Crippen LogP contribution in [0.2, 0.25) is 0 Å². The van der Waals surface area contributed by atoms with E-state index in [1.54, 1.807) is 32.9 Å². The molecule has 1 spiro atoms. The van der Waals surface area contributed by atoms with Crippen molar-refractivity contribution in [1.82, 2.24) is 0 Å². The molecule has 5 heteroatoms. The minimum Gasteiger partial charge on any atom is -0.447 e. The lowest BCUT2D eigenvalue weighted by Crippen LogP contribution is -2.37. The fourth-order valence-corrected chi connectivity index (χ4v) is 4.08. The largest absolute Gasteiger partial charge is 0.447 e. The van der Waals surface area contributed by atoms with Crippen molar-refractivity contribution in [3.8, 4) is 6.07 Å². The summed E-state index contributed by atoms with van der Waals surface area (Å²) in [6.07, 6.45) is 4.22. The van der Waals surface area contributed by atoms with Gasteiger partial charge in [-0.25, -0.2) is 4.79 Å². The first-order valence-corrected chi connectivity index (χ1v) is 9.81. The molecule has 3 rings (SSSR count). The number of aryl methyl sites for hydroxylation is 2. The Hall–Kier alpha value is -2.61. The average molecular weight is 381 g/mol. The van der Waals surface area contributed by atoms with Crippen molar-refractivity contribution in [3.05, 3.63) is 40.1 Å². The van der Waals surface area contributed by atoms with Crippen LogP contribution < -0.4 is 0 Å². The number of esters is 2. The summed E-state index contributed by atoms with van der Waals surface area (Å²) in [6.45, 7) is 9.09. The topological polar surface area (TPSA) is 76.4 Å². The lowest BCUT2D eigenvalue weighted by molar-refractivity contribution is -0.159. The van der Waals surface area contributed by atoms with Crippen molar-refractivity contribution < 1.29 is 19.1 Å². The molecule has 2 aliphatic rings. The highest BCUT2D eigenvalue weighted by Gasteiger charge is 2.52. The van der Waals surface area contributed by atoms with Gasteiger partial charge in [0.2, 0.25) is 0 Å². The Morgan fingerprint density at radius 2 is 1.71 bits per heavy atom. The van der Waals surface area contributed by atoms with Crippen molar-refractivity contribution in [2.75, 3.05) is 0 Å². The average Bonchev–Trinajstić information content (AvgIpc) is 2.85. The summed E-state index contributed by atoms with van der Waals surface area (Å²) in [5.41, 5.74) is 1.59. The second-order valence-corrected chi connectivity index (χ2v) is 8.88. The maximum Gasteiger partial charge on any atom is 0.343 e. The molecule has 0 amide bonds. The van der Waals surface area contributed by atoms with Gasteiger partial charge in [-0.2, -0.15) is 5.26 Å². The zero-order valence-corrected chi connectivity index (χ0v) is 17.3. The predicted molar refractivity (Wildman–Crippen MR) is 105 cm³/mol. The molecule has 0 aromatic heterocycles. The van der Waals surface area contributed by atoms with Crippen molar-refractivity contribution >= 4 is 17.5 Å². The van der Waals surface area contributed by atoms with Gasteiger partial charge in [-0.05, 0) is 89.1 Å². The van der Waals surface area contributed by atoms with Gasteiger partial charge in [-0.3, -0.25) is 4.79 Å². The minimum absolute atomic E-state index is 0.332. The zero-order chi connectivity index (χ0) is 20.7. The third-order valence-corrected chi connectivity index (χ3v) is 5.51. The molecule has 1 heterocycles. The van der Waals surface area contributed by atoms with Crippen molar-refractivity contribution in [2.45, 2.75) is 72.3 Å². The normalized spacial score (nSPS) is 18.8. The van der Waals surface area contributed by atoms with E-state index in [0.717, 1.165) is 30.4 Å². The predicted octanol–water partition coefficient (Wildman–Crippen LogP) is 4.74. The molecule has 0 N–H and O–H groups in total. The fourth-order valence-electron chi connectivity index (χ4n) is 4.08. The Morgan fingerprint density at radius 3 is 2.21 bits per heavy atom. The maximum absolute atomic E-state index is 13.0. The number of carbonyl (C=O) groups excluding carboxylic acids is 2. The van der Waals surface area contributed by atoms with Gasteiger partial charge in [-0.15, -0.1) is 0 Å². The Labute approximate surface area is 166 Å². The van der Waals surface area contributed by atoms with Gasteiger partial charge in [0.1, 0.15) is 5.57 Å². The number of nitrogens with zero attached hydrogens (tertiary/aromatic N) is 1. The third-order valence-electron chi connectivity index (χ3n) is 5.51. The monoisotopic (exact) mass is 381 g/mol. The summed E-state index contributed by atoms with van der Waals surface area (Å²) in [4.78, 5) is 25.7. The van der Waals surface area contributed by atoms with Gasteiger partial charge in [0.15, 0.2) is 11.4 Å². The van der Waals surface area contributed by atoms with Crippen molar-refractivity contribution in [2.24, 2.45) is 5.41 Å². The molecule has 1 aromatic rings. The molecular formula is C23H27NO4. The van der Waals surface area contributed by atoms with E-state index in [1.165, 1.54) is 0 Å². The van der Waals surface area contributed by atoms with Crippen LogP contribution in [-0.2, 0) is 19.1 Å². The molecule has 1 saturated carbocycles. The van der Waals surface area contributed by atoms with Crippen LogP contribution in [0.3, 0.4) is 0 Å². The van der Waals surface area contributed by atoms with E-state index >= 15 is 0 Å². The summed E-state index contributed by atoms with van der Waals surface area (Å²) < 4.78 is 11.8. The first-order valence-electron chi connectivity index (χ1n) is 9.81. The second kappa shape index (κ2) is 7.09. The minimum atomic E-state index is -0.863. The van der Waals surface area contributed by atoms with Crippen LogP contribution in [0.4, 0.5) is 0 Å². The first kappa shape index (κ1) is 20.1. The lowest BCUT2D eigenvalue weighted by Gasteiger charge is -2.34. The van der Waals surface area contributed by atoms with Crippen molar-refractivity contribution in [3.63, 3.8) is 0 Å². The molecule has 1 aliphatic heterocycles. The number of nitriles is 1. The summed E-state index contributed by atoms with van der Waals surface area (Å²) in [6, 6.07) is 5.64. The van der Waals surface area contributed by atoms with Gasteiger partial charge in [0.05, 0.1) is 17.0 Å². The van der Waals surface area contributed by atoms with Gasteiger partial charge in [0.25, 0.3) is 0 Å². The smallest absolute Gasteiger partial charge is 0.343 e. The fraction of sp³-hybridized carbons (Fsp3) is 0.522. The number of ether oxygens (including phenoxy) is 2. The van der Waals surface area contributed by atoms with Gasteiger partial charge in [0, 0.05) is 0 Å². The summed E-state index contributed by atoms with van der Waals surface area (Å²) in [5, 5.41) is 9.23. The highest BCUT2D eigenvalue weighted by Crippen LogP contribution is 2.48. The van der Waals surface area contributed by atoms with E-state index < -0.39 is 17.0 Å². The standard InChI is InChI=1S/C23H27NO4/c1-14-11-16(13-24)12-15(2)17(14)18-19(27-21(26)22(3,4)5)23(28-20(18)25)9-7-6-8-10-23/h11-12H,6-10H2,1-5H3. The lowest BCUT2D eigenvalue weighted by atomic mass is 9.81. The number of hydrogen-bond acceptors (Lipinski definition) is 5. The number of rotatable bonds is 2. The molecule has 1 fully saturated rings. The molecule has 5 nitrogen and oxygen atoms in total. The molecule has 0 bridgehead atoms. The van der Waals surface area contributed by atoms with Crippen LogP contribution >= 0.6 is 0 Å². The second-order valence-electron chi connectivity index (χ2n) is 8.88. The van der Waals surface area contributed by atoms with Crippen LogP contribution in [-0.4, -0.2) is 17.5 Å². The van der Waals surface area contributed by atoms with Crippen LogP contribution in [0.15, 0.2) is 17.9 Å². The quantitative estimate of drug-likeness (QED) is 0.692. The van der Waals surface area contributed by atoms with Crippen molar-refractivity contribution in [1.29, 1.82) is 5.26 Å². The Bertz CT molecular complexity index is 883. The van der Waals surface area contributed by atoms with Gasteiger partial charge < -0.3 is 9.47 Å². The van der Waals surface area contributed by atoms with E-state index in [0.29, 0.717) is 35.3 Å². The highest BCUT2D eigenvalue weighted by atomic mass is 16.6. The molecule has 0 unspecified atom stereocenters. The molecular weight excluding hydrogens is 354 g/mol. The van der Waals surface area contributed by atoms with E-state index in [1.807, 2.05) is 13.8 Å². The SMILES string of the molecule is Cc1cc(C#N)cc(C)c1C1=C(OC(=O)C(C)(C)C)C2(CCCCC2)OC1=O. The maximum atomic E-state index is 13.0. The molecule has 0 saturated heterocycles. The molecule has 148 valence electrons. The van der Waals surface area contributed by atoms with Crippen LogP contribution in [0.25, 0.3) is 5.57 Å². The van der Waals surface area contributed by atoms with Crippen LogP contribution in [0, 0.1) is 30.6 Å². The number of benzene rings is 1. The van der Waals surface area contributed by atoms with E-state index in [-0.39, 0.29) is 5.97 Å². The molecule has 1 aliphatic carbocycles. The Morgan fingerprint density at radius 1 is 1.14 bits per heavy atom. The van der Waals surface area contributed by atoms with Gasteiger partial charge >= 0.3 is 11.9 Å². The highest BCUT2D eigenvalue weighted by molar-refractivity contribution is 6.21. The molecule has 1 aromatic carbocycles. The summed E-state index contributed by atoms with van der Waals surface area (Å²) in [7, 11) is 0. The Balaban J connectivity index is 2.22. The molecule has 0 radical (unpaired) electrons. The van der Waals surface area contributed by atoms with E-state index in [4.69, 9.17) is 9.47 Å². The first-order chi connectivity index (χ1) is 13.1. The molecule has 28 heavy (non-hydrogen) atoms. The third kappa shape index (κ3) is 3.44.